The van der Waals surface area contributed by atoms with Crippen LogP contribution in [0.25, 0.3) is 0 Å². The second-order valence-electron chi connectivity index (χ2n) is 4.84. The Bertz CT molecular complexity index is 418. The Labute approximate surface area is 106 Å². The van der Waals surface area contributed by atoms with E-state index in [9.17, 15) is 9.90 Å². The molecule has 0 aromatic carbocycles. The zero-order valence-electron chi connectivity index (χ0n) is 10.8. The number of aromatic nitrogens is 2. The van der Waals surface area contributed by atoms with Crippen LogP contribution in [0.1, 0.15) is 31.5 Å². The van der Waals surface area contributed by atoms with Crippen molar-refractivity contribution in [2.24, 2.45) is 5.92 Å². The second kappa shape index (κ2) is 5.48. The first kappa shape index (κ1) is 13.0. The molecule has 100 valence electrons. The number of aliphatic hydroxyl groups is 1. The molecular weight excluding hydrogens is 234 g/mol. The third-order valence-electron chi connectivity index (χ3n) is 3.51. The van der Waals surface area contributed by atoms with Gasteiger partial charge in [-0.15, -0.1) is 0 Å². The van der Waals surface area contributed by atoms with Crippen LogP contribution in [-0.2, 0) is 11.2 Å². The van der Waals surface area contributed by atoms with Crippen LogP contribution in [-0.4, -0.2) is 45.2 Å². The molecule has 0 radical (unpaired) electrons. The van der Waals surface area contributed by atoms with Gasteiger partial charge in [0.2, 0.25) is 11.8 Å². The standard InChI is InChI=1S/C12H19N3O3/c1-8-5-6-15(10(8)7-16)12(17)4-3-11-13-9(2)14-18-11/h8,10,16H,3-7H2,1-2H3. The molecule has 1 aliphatic heterocycles. The number of amides is 1. The van der Waals surface area contributed by atoms with Crippen LogP contribution in [0.3, 0.4) is 0 Å². The summed E-state index contributed by atoms with van der Waals surface area (Å²) in [5, 5.41) is 13.0. The van der Waals surface area contributed by atoms with Gasteiger partial charge in [-0.25, -0.2) is 0 Å². The SMILES string of the molecule is Cc1noc(CCC(=O)N2CCC(C)C2CO)n1. The van der Waals surface area contributed by atoms with E-state index < -0.39 is 0 Å². The summed E-state index contributed by atoms with van der Waals surface area (Å²) in [5.41, 5.74) is 0. The van der Waals surface area contributed by atoms with Crippen molar-refractivity contribution >= 4 is 5.91 Å². The molecule has 1 N–H and O–H groups in total. The lowest BCUT2D eigenvalue weighted by molar-refractivity contribution is -0.133. The van der Waals surface area contributed by atoms with E-state index in [4.69, 9.17) is 4.52 Å². The Morgan fingerprint density at radius 3 is 3.00 bits per heavy atom. The number of aryl methyl sites for hydroxylation is 2. The largest absolute Gasteiger partial charge is 0.394 e. The molecule has 18 heavy (non-hydrogen) atoms. The van der Waals surface area contributed by atoms with E-state index in [1.807, 2.05) is 0 Å². The smallest absolute Gasteiger partial charge is 0.227 e. The lowest BCUT2D eigenvalue weighted by atomic mass is 10.0. The van der Waals surface area contributed by atoms with E-state index in [0.29, 0.717) is 30.5 Å². The number of carbonyl (C=O) groups excluding carboxylic acids is 1. The molecular formula is C12H19N3O3. The maximum absolute atomic E-state index is 12.1. The summed E-state index contributed by atoms with van der Waals surface area (Å²) in [6.07, 6.45) is 1.77. The first-order valence-corrected chi connectivity index (χ1v) is 6.31. The predicted octanol–water partition coefficient (Wildman–Crippen LogP) is 0.540. The zero-order valence-corrected chi connectivity index (χ0v) is 10.8. The van der Waals surface area contributed by atoms with Crippen molar-refractivity contribution in [3.63, 3.8) is 0 Å². The third-order valence-corrected chi connectivity index (χ3v) is 3.51. The summed E-state index contributed by atoms with van der Waals surface area (Å²) in [4.78, 5) is 17.9. The highest BCUT2D eigenvalue weighted by atomic mass is 16.5. The molecule has 1 saturated heterocycles. The van der Waals surface area contributed by atoms with Gasteiger partial charge in [0.25, 0.3) is 0 Å². The van der Waals surface area contributed by atoms with E-state index in [-0.39, 0.29) is 18.6 Å². The molecule has 1 fully saturated rings. The Morgan fingerprint density at radius 1 is 1.61 bits per heavy atom. The number of nitrogens with zero attached hydrogens (tertiary/aromatic N) is 3. The van der Waals surface area contributed by atoms with Crippen LogP contribution < -0.4 is 0 Å². The summed E-state index contributed by atoms with van der Waals surface area (Å²) >= 11 is 0. The van der Waals surface area contributed by atoms with Crippen LogP contribution in [0.5, 0.6) is 0 Å². The van der Waals surface area contributed by atoms with E-state index in [1.54, 1.807) is 11.8 Å². The molecule has 0 saturated carbocycles. The van der Waals surface area contributed by atoms with Crippen molar-refractivity contribution < 1.29 is 14.4 Å². The Kier molecular flexibility index (Phi) is 3.96. The monoisotopic (exact) mass is 253 g/mol. The molecule has 1 aromatic heterocycles. The number of rotatable bonds is 4. The van der Waals surface area contributed by atoms with Crippen molar-refractivity contribution in [1.29, 1.82) is 0 Å². The second-order valence-corrected chi connectivity index (χ2v) is 4.84. The fourth-order valence-electron chi connectivity index (χ4n) is 2.40. The minimum atomic E-state index is -0.0399. The fourth-order valence-corrected chi connectivity index (χ4v) is 2.40. The maximum Gasteiger partial charge on any atom is 0.227 e. The van der Waals surface area contributed by atoms with Gasteiger partial charge in [-0.1, -0.05) is 12.1 Å². The van der Waals surface area contributed by atoms with Crippen LogP contribution in [0.15, 0.2) is 4.52 Å². The van der Waals surface area contributed by atoms with Gasteiger partial charge in [0.1, 0.15) is 0 Å². The van der Waals surface area contributed by atoms with Gasteiger partial charge >= 0.3 is 0 Å². The molecule has 6 heteroatoms. The highest BCUT2D eigenvalue weighted by Gasteiger charge is 2.33. The van der Waals surface area contributed by atoms with Crippen molar-refractivity contribution in [3.8, 4) is 0 Å². The molecule has 2 unspecified atom stereocenters. The van der Waals surface area contributed by atoms with E-state index in [0.717, 1.165) is 13.0 Å². The molecule has 1 aromatic rings. The van der Waals surface area contributed by atoms with Crippen molar-refractivity contribution in [2.75, 3.05) is 13.2 Å². The summed E-state index contributed by atoms with van der Waals surface area (Å²) < 4.78 is 4.97. The quantitative estimate of drug-likeness (QED) is 0.847. The van der Waals surface area contributed by atoms with Gasteiger partial charge in [-0.2, -0.15) is 4.98 Å². The van der Waals surface area contributed by atoms with E-state index >= 15 is 0 Å². The predicted molar refractivity (Wildman–Crippen MR) is 63.7 cm³/mol. The number of hydrogen-bond acceptors (Lipinski definition) is 5. The molecule has 0 spiro atoms. The Morgan fingerprint density at radius 2 is 2.39 bits per heavy atom. The lowest BCUT2D eigenvalue weighted by Crippen LogP contribution is -2.39. The first-order valence-electron chi connectivity index (χ1n) is 6.31. The van der Waals surface area contributed by atoms with Crippen molar-refractivity contribution in [3.05, 3.63) is 11.7 Å². The summed E-state index contributed by atoms with van der Waals surface area (Å²) in [6.45, 7) is 4.58. The molecule has 0 aliphatic carbocycles. The Balaban J connectivity index is 1.88. The van der Waals surface area contributed by atoms with Crippen LogP contribution in [0.2, 0.25) is 0 Å². The van der Waals surface area contributed by atoms with Gasteiger partial charge in [-0.05, 0) is 19.3 Å². The zero-order chi connectivity index (χ0) is 13.1. The molecule has 6 nitrogen and oxygen atoms in total. The highest BCUT2D eigenvalue weighted by Crippen LogP contribution is 2.24. The first-order chi connectivity index (χ1) is 8.61. The number of aliphatic hydroxyl groups excluding tert-OH is 1. The minimum absolute atomic E-state index is 0.0343. The fraction of sp³-hybridized carbons (Fsp3) is 0.750. The van der Waals surface area contributed by atoms with Gasteiger partial charge in [0.15, 0.2) is 5.82 Å². The lowest BCUT2D eigenvalue weighted by Gasteiger charge is -2.25. The Hall–Kier alpha value is -1.43. The normalized spacial score (nSPS) is 23.6. The summed E-state index contributed by atoms with van der Waals surface area (Å²) in [5.74, 6) is 1.49. The topological polar surface area (TPSA) is 79.5 Å². The van der Waals surface area contributed by atoms with Gasteiger partial charge < -0.3 is 14.5 Å². The highest BCUT2D eigenvalue weighted by molar-refractivity contribution is 5.77. The minimum Gasteiger partial charge on any atom is -0.394 e. The molecule has 2 rings (SSSR count). The van der Waals surface area contributed by atoms with Gasteiger partial charge in [0.05, 0.1) is 12.6 Å². The van der Waals surface area contributed by atoms with E-state index in [1.165, 1.54) is 0 Å². The van der Waals surface area contributed by atoms with Crippen LogP contribution >= 0.6 is 0 Å². The molecule has 2 atom stereocenters. The molecule has 0 bridgehead atoms. The average molecular weight is 253 g/mol. The average Bonchev–Trinajstić information content (AvgIpc) is 2.92. The number of hydrogen-bond donors (Lipinski definition) is 1. The molecule has 1 amide bonds. The number of likely N-dealkylation sites (tertiary alicyclic amines) is 1. The van der Waals surface area contributed by atoms with Crippen molar-refractivity contribution in [2.45, 2.75) is 39.2 Å². The summed E-state index contributed by atoms with van der Waals surface area (Å²) in [7, 11) is 0. The molecule has 2 heterocycles. The maximum atomic E-state index is 12.1. The molecule has 1 aliphatic rings. The van der Waals surface area contributed by atoms with E-state index in [2.05, 4.69) is 17.1 Å². The summed E-state index contributed by atoms with van der Waals surface area (Å²) in [6, 6.07) is -0.0399. The van der Waals surface area contributed by atoms with Crippen LogP contribution in [0, 0.1) is 12.8 Å². The number of carbonyl (C=O) groups is 1. The van der Waals surface area contributed by atoms with Gasteiger partial charge in [-0.3, -0.25) is 4.79 Å². The third kappa shape index (κ3) is 2.69. The van der Waals surface area contributed by atoms with Crippen LogP contribution in [0.4, 0.5) is 0 Å². The van der Waals surface area contributed by atoms with Gasteiger partial charge in [0, 0.05) is 19.4 Å². The van der Waals surface area contributed by atoms with Crippen molar-refractivity contribution in [1.82, 2.24) is 15.0 Å².